The van der Waals surface area contributed by atoms with Gasteiger partial charge in [0, 0.05) is 11.6 Å². The second-order valence-electron chi connectivity index (χ2n) is 5.97. The van der Waals surface area contributed by atoms with Crippen molar-refractivity contribution in [3.8, 4) is 28.4 Å². The van der Waals surface area contributed by atoms with E-state index in [2.05, 4.69) is 0 Å². The Morgan fingerprint density at radius 1 is 0.900 bits per heavy atom. The maximum absolute atomic E-state index is 11.2. The lowest BCUT2D eigenvalue weighted by Gasteiger charge is -2.11. The molecule has 3 rings (SSSR count). The molecule has 30 heavy (non-hydrogen) atoms. The molecular weight excluding hydrogens is 396 g/mol. The zero-order valence-corrected chi connectivity index (χ0v) is 15.3. The highest BCUT2D eigenvalue weighted by atomic mass is 16.6. The molecule has 3 aromatic rings. The van der Waals surface area contributed by atoms with Crippen molar-refractivity contribution >= 4 is 17.3 Å². The van der Waals surface area contributed by atoms with Gasteiger partial charge in [0.2, 0.25) is 5.75 Å². The minimum Gasteiger partial charge on any atom is -0.481 e. The van der Waals surface area contributed by atoms with Crippen LogP contribution in [0.3, 0.4) is 0 Å². The Hall–Kier alpha value is -4.47. The number of non-ortho nitro benzene ring substituents is 1. The van der Waals surface area contributed by atoms with Crippen LogP contribution in [0.15, 0.2) is 66.7 Å². The van der Waals surface area contributed by atoms with Gasteiger partial charge in [0.25, 0.3) is 5.69 Å². The summed E-state index contributed by atoms with van der Waals surface area (Å²) in [4.78, 5) is 31.3. The first-order valence-corrected chi connectivity index (χ1v) is 8.50. The zero-order valence-electron chi connectivity index (χ0n) is 15.3. The first-order valence-electron chi connectivity index (χ1n) is 8.50. The number of ether oxygens (including phenoxy) is 2. The number of benzene rings is 3. The highest BCUT2D eigenvalue weighted by Gasteiger charge is 2.21. The Labute approximate surface area is 169 Å². The van der Waals surface area contributed by atoms with Crippen molar-refractivity contribution in [1.82, 2.24) is 0 Å². The molecule has 0 unspecified atom stereocenters. The van der Waals surface area contributed by atoms with Gasteiger partial charge in [-0.2, -0.15) is 0 Å². The van der Waals surface area contributed by atoms with Gasteiger partial charge in [0.1, 0.15) is 11.5 Å². The van der Waals surface area contributed by atoms with E-state index in [0.29, 0.717) is 16.9 Å². The molecule has 0 atom stereocenters. The fraction of sp³-hybridized carbons (Fsp3) is 0.0500. The van der Waals surface area contributed by atoms with Gasteiger partial charge in [-0.1, -0.05) is 30.3 Å². The number of aliphatic carboxylic acids is 1. The molecule has 152 valence electrons. The summed E-state index contributed by atoms with van der Waals surface area (Å²) in [5.74, 6) is -0.569. The molecule has 1 N–H and O–H groups in total. The van der Waals surface area contributed by atoms with Crippen LogP contribution in [0.5, 0.6) is 17.2 Å². The van der Waals surface area contributed by atoms with E-state index in [0.717, 1.165) is 12.1 Å². The number of carboxylic acids is 1. The minimum absolute atomic E-state index is 0.136. The van der Waals surface area contributed by atoms with Gasteiger partial charge in [0.15, 0.2) is 6.61 Å². The highest BCUT2D eigenvalue weighted by molar-refractivity contribution is 5.73. The van der Waals surface area contributed by atoms with E-state index in [1.54, 1.807) is 48.5 Å². The number of hydrogen-bond donors (Lipinski definition) is 1. The SMILES string of the molecule is O=C(O)COc1ccccc1-c1ccc(Oc2ccc([N+](=O)[O-])cc2[N+](=O)[O-])cc1. The van der Waals surface area contributed by atoms with E-state index in [4.69, 9.17) is 14.6 Å². The monoisotopic (exact) mass is 410 g/mol. The molecule has 0 aliphatic carbocycles. The maximum Gasteiger partial charge on any atom is 0.341 e. The fourth-order valence-corrected chi connectivity index (χ4v) is 2.65. The summed E-state index contributed by atoms with van der Waals surface area (Å²) in [6.07, 6.45) is 0. The Morgan fingerprint density at radius 2 is 1.60 bits per heavy atom. The largest absolute Gasteiger partial charge is 0.481 e. The average molecular weight is 410 g/mol. The number of carboxylic acid groups (broad SMARTS) is 1. The predicted octanol–water partition coefficient (Wildman–Crippen LogP) is 4.43. The molecule has 0 saturated heterocycles. The van der Waals surface area contributed by atoms with Crippen LogP contribution in [-0.2, 0) is 4.79 Å². The van der Waals surface area contributed by atoms with Crippen LogP contribution in [0.1, 0.15) is 0 Å². The third kappa shape index (κ3) is 4.68. The second-order valence-corrected chi connectivity index (χ2v) is 5.97. The Morgan fingerprint density at radius 3 is 2.23 bits per heavy atom. The number of para-hydroxylation sites is 1. The molecular formula is C20H14N2O8. The quantitative estimate of drug-likeness (QED) is 0.424. The van der Waals surface area contributed by atoms with E-state index < -0.39 is 33.8 Å². The van der Waals surface area contributed by atoms with Gasteiger partial charge in [-0.3, -0.25) is 20.2 Å². The molecule has 0 saturated carbocycles. The van der Waals surface area contributed by atoms with Crippen LogP contribution >= 0.6 is 0 Å². The summed E-state index contributed by atoms with van der Waals surface area (Å²) in [6, 6.07) is 16.5. The molecule has 0 bridgehead atoms. The van der Waals surface area contributed by atoms with Gasteiger partial charge in [-0.05, 0) is 29.8 Å². The Balaban J connectivity index is 1.85. The zero-order chi connectivity index (χ0) is 21.7. The third-order valence-electron chi connectivity index (χ3n) is 3.98. The van der Waals surface area contributed by atoms with E-state index in [-0.39, 0.29) is 11.5 Å². The van der Waals surface area contributed by atoms with Crippen molar-refractivity contribution in [2.75, 3.05) is 6.61 Å². The third-order valence-corrected chi connectivity index (χ3v) is 3.98. The molecule has 10 nitrogen and oxygen atoms in total. The molecule has 0 fully saturated rings. The summed E-state index contributed by atoms with van der Waals surface area (Å²) in [7, 11) is 0. The van der Waals surface area contributed by atoms with Crippen LogP contribution in [0, 0.1) is 20.2 Å². The molecule has 0 heterocycles. The first kappa shape index (κ1) is 20.3. The molecule has 10 heteroatoms. The van der Waals surface area contributed by atoms with Crippen LogP contribution in [0.4, 0.5) is 11.4 Å². The van der Waals surface area contributed by atoms with Crippen molar-refractivity contribution in [2.24, 2.45) is 0 Å². The molecule has 0 aromatic heterocycles. The predicted molar refractivity (Wildman–Crippen MR) is 105 cm³/mol. The number of rotatable bonds is 8. The van der Waals surface area contributed by atoms with Gasteiger partial charge >= 0.3 is 11.7 Å². The summed E-state index contributed by atoms with van der Waals surface area (Å²) in [5, 5.41) is 30.8. The number of nitro benzene ring substituents is 2. The standard InChI is InChI=1S/C20H14N2O8/c23-20(24)12-29-18-4-2-1-3-16(18)13-5-8-15(9-6-13)30-19-10-7-14(21(25)26)11-17(19)22(27)28/h1-11H,12H2,(H,23,24). The number of nitro groups is 2. The molecule has 0 aliphatic rings. The number of nitrogens with zero attached hydrogens (tertiary/aromatic N) is 2. The summed E-state index contributed by atoms with van der Waals surface area (Å²) >= 11 is 0. The van der Waals surface area contributed by atoms with Crippen molar-refractivity contribution in [3.05, 3.63) is 87.0 Å². The smallest absolute Gasteiger partial charge is 0.341 e. The van der Waals surface area contributed by atoms with Crippen LogP contribution < -0.4 is 9.47 Å². The molecule has 0 radical (unpaired) electrons. The highest BCUT2D eigenvalue weighted by Crippen LogP contribution is 2.36. The van der Waals surface area contributed by atoms with Crippen molar-refractivity contribution in [3.63, 3.8) is 0 Å². The Bertz CT molecular complexity index is 1110. The second kappa shape index (κ2) is 8.69. The van der Waals surface area contributed by atoms with Crippen molar-refractivity contribution in [2.45, 2.75) is 0 Å². The topological polar surface area (TPSA) is 142 Å². The molecule has 0 spiro atoms. The number of carbonyl (C=O) groups is 1. The lowest BCUT2D eigenvalue weighted by molar-refractivity contribution is -0.394. The van der Waals surface area contributed by atoms with Crippen LogP contribution in [0.2, 0.25) is 0 Å². The van der Waals surface area contributed by atoms with Crippen LogP contribution in [0.25, 0.3) is 11.1 Å². The number of hydrogen-bond acceptors (Lipinski definition) is 7. The van der Waals surface area contributed by atoms with Gasteiger partial charge in [-0.25, -0.2) is 4.79 Å². The fourth-order valence-electron chi connectivity index (χ4n) is 2.65. The molecule has 0 aliphatic heterocycles. The van der Waals surface area contributed by atoms with E-state index in [1.165, 1.54) is 6.07 Å². The van der Waals surface area contributed by atoms with Gasteiger partial charge in [-0.15, -0.1) is 0 Å². The van der Waals surface area contributed by atoms with Gasteiger partial charge < -0.3 is 14.6 Å². The Kier molecular flexibility index (Phi) is 5.87. The molecule has 3 aromatic carbocycles. The maximum atomic E-state index is 11.2. The lowest BCUT2D eigenvalue weighted by Crippen LogP contribution is -2.09. The summed E-state index contributed by atoms with van der Waals surface area (Å²) < 4.78 is 10.8. The average Bonchev–Trinajstić information content (AvgIpc) is 2.73. The van der Waals surface area contributed by atoms with E-state index in [1.807, 2.05) is 0 Å². The lowest BCUT2D eigenvalue weighted by atomic mass is 10.0. The van der Waals surface area contributed by atoms with Crippen LogP contribution in [-0.4, -0.2) is 27.5 Å². The van der Waals surface area contributed by atoms with Gasteiger partial charge in [0.05, 0.1) is 15.9 Å². The first-order chi connectivity index (χ1) is 14.3. The molecule has 0 amide bonds. The normalized spacial score (nSPS) is 10.3. The van der Waals surface area contributed by atoms with E-state index >= 15 is 0 Å². The summed E-state index contributed by atoms with van der Waals surface area (Å²) in [5.41, 5.74) is 0.427. The van der Waals surface area contributed by atoms with Crippen molar-refractivity contribution < 1.29 is 29.2 Å². The van der Waals surface area contributed by atoms with Crippen molar-refractivity contribution in [1.29, 1.82) is 0 Å². The minimum atomic E-state index is -1.10. The van der Waals surface area contributed by atoms with E-state index in [9.17, 15) is 25.0 Å². The summed E-state index contributed by atoms with van der Waals surface area (Å²) in [6.45, 7) is -0.484.